The van der Waals surface area contributed by atoms with Gasteiger partial charge in [-0.1, -0.05) is 0 Å². The molecule has 5 heteroatoms. The van der Waals surface area contributed by atoms with E-state index in [2.05, 4.69) is 0 Å². The monoisotopic (exact) mass is 411 g/mol. The molecule has 0 unspecified atom stereocenters. The third kappa shape index (κ3) is 23.2. The average molecular weight is 411 g/mol. The molecule has 0 heterocycles. The van der Waals surface area contributed by atoms with Gasteiger partial charge in [0.2, 0.25) is 0 Å². The van der Waals surface area contributed by atoms with Crippen LogP contribution in [0, 0.1) is 5.21 Å². The van der Waals surface area contributed by atoms with Gasteiger partial charge < -0.3 is 5.21 Å². The summed E-state index contributed by atoms with van der Waals surface area (Å²) in [5, 5.41) is 10.0. The number of rotatable bonds is 0. The second-order valence-corrected chi connectivity index (χ2v) is 10.0. The van der Waals surface area contributed by atoms with Crippen LogP contribution in [0.3, 0.4) is 0 Å². The lowest BCUT2D eigenvalue weighted by Gasteiger charge is -2.11. The van der Waals surface area contributed by atoms with Crippen LogP contribution in [0.15, 0.2) is 0 Å². The Labute approximate surface area is 71.9 Å². The van der Waals surface area contributed by atoms with E-state index in [4.69, 9.17) is 0 Å². The van der Waals surface area contributed by atoms with Gasteiger partial charge >= 0.3 is 0 Å². The zero-order valence-corrected chi connectivity index (χ0v) is 8.46. The van der Waals surface area contributed by atoms with Crippen LogP contribution in [0.4, 0.5) is 0 Å². The molecule has 0 aliphatic rings. The minimum atomic E-state index is -0.340. The highest BCUT2D eigenvalue weighted by atomic mass is 127. The highest BCUT2D eigenvalue weighted by Crippen LogP contribution is 2.27. The van der Waals surface area contributed by atoms with E-state index in [-0.39, 0.29) is -0.713 Å². The molecule has 0 saturated heterocycles. The van der Waals surface area contributed by atoms with Crippen molar-refractivity contribution in [3.8, 4) is 0 Å². The Morgan fingerprint density at radius 2 is 1.20 bits per heavy atom. The fourth-order valence-corrected chi connectivity index (χ4v) is 0. The Hall–Kier alpha value is 2.11. The van der Waals surface area contributed by atoms with Gasteiger partial charge in [-0.2, -0.15) is -0.713 Å². The van der Waals surface area contributed by atoms with Crippen LogP contribution in [-0.4, -0.2) is -0.713 Å². The first-order valence-electron chi connectivity index (χ1n) is 0.690. The Kier molecular flexibility index (Phi) is 3.45. The molecule has 0 amide bonds. The molecule has 2 nitrogen and oxygen atoms in total. The molecule has 0 N–H and O–H groups in total. The maximum atomic E-state index is 10.0. The summed E-state index contributed by atoms with van der Waals surface area (Å²) < 4.78 is -0.340. The van der Waals surface area contributed by atoms with E-state index in [1.54, 1.807) is 68.6 Å². The van der Waals surface area contributed by atoms with Crippen molar-refractivity contribution in [2.75, 3.05) is 0 Å². The minimum Gasteiger partial charge on any atom is -0.609 e. The Balaban J connectivity index is 3.02. The third-order valence-electron chi connectivity index (χ3n) is 0. The van der Waals surface area contributed by atoms with Crippen LogP contribution in [0.5, 0.6) is 0 Å². The van der Waals surface area contributed by atoms with Gasteiger partial charge in [0.15, 0.2) is 0 Å². The largest absolute Gasteiger partial charge is 0.609 e. The molecule has 0 atom stereocenters. The lowest BCUT2D eigenvalue weighted by Crippen LogP contribution is -1.92. The Morgan fingerprint density at radius 1 is 1.20 bits per heavy atom. The first-order chi connectivity index (χ1) is 2.00. The maximum Gasteiger partial charge on any atom is 0.267 e. The minimum absolute atomic E-state index is 0.340. The molecule has 0 aliphatic heterocycles. The van der Waals surface area contributed by atoms with E-state index in [9.17, 15) is 5.21 Å². The summed E-state index contributed by atoms with van der Waals surface area (Å²) in [6.45, 7) is 0. The maximum absolute atomic E-state index is 10.0. The molecule has 0 rings (SSSR count). The Morgan fingerprint density at radius 3 is 1.20 bits per heavy atom. The van der Waals surface area contributed by atoms with Gasteiger partial charge in [0.05, 0.1) is 0 Å². The SMILES string of the molecule is [O-][N+](I)(I)I. The van der Waals surface area contributed by atoms with Crippen molar-refractivity contribution in [2.24, 2.45) is 0 Å². The van der Waals surface area contributed by atoms with Crippen molar-refractivity contribution in [2.45, 2.75) is 0 Å². The lowest BCUT2D eigenvalue weighted by atomic mass is 13.6. The predicted octanol–water partition coefficient (Wildman–Crippen LogP) is 2.35. The molecular weight excluding hydrogens is 411 g/mol. The summed E-state index contributed by atoms with van der Waals surface area (Å²) >= 11 is 5.20. The molecule has 0 aromatic carbocycles. The van der Waals surface area contributed by atoms with Crippen LogP contribution >= 0.6 is 68.6 Å². The predicted molar refractivity (Wildman–Crippen MR) is 45.7 cm³/mol. The first-order valence-corrected chi connectivity index (χ1v) is 3.58. The Bertz CT molecular complexity index is 22.4. The van der Waals surface area contributed by atoms with Crippen LogP contribution < -0.4 is 0 Å². The molecule has 0 aliphatic carbocycles. The van der Waals surface area contributed by atoms with E-state index in [0.717, 1.165) is 0 Å². The standard InChI is InChI=1S/I3NO/c1-4(2,3)5. The van der Waals surface area contributed by atoms with Crippen LogP contribution in [-0.2, 0) is 0 Å². The highest BCUT2D eigenvalue weighted by molar-refractivity contribution is 14.2. The molecule has 0 radical (unpaired) electrons. The van der Waals surface area contributed by atoms with Gasteiger partial charge in [-0.3, -0.25) is 0 Å². The second kappa shape index (κ2) is 2.43. The van der Waals surface area contributed by atoms with Crippen molar-refractivity contribution in [1.82, 2.24) is 0 Å². The van der Waals surface area contributed by atoms with Gasteiger partial charge in [0.1, 0.15) is 0 Å². The zero-order chi connectivity index (χ0) is 4.50. The van der Waals surface area contributed by atoms with E-state index in [1.807, 2.05) is 0 Å². The number of quaternary nitrogens is 1. The van der Waals surface area contributed by atoms with Crippen molar-refractivity contribution in [3.05, 3.63) is 5.21 Å². The molecule has 0 spiro atoms. The van der Waals surface area contributed by atoms with E-state index >= 15 is 0 Å². The zero-order valence-electron chi connectivity index (χ0n) is 1.99. The average Bonchev–Trinajstić information content (AvgIpc) is 0.722. The fourth-order valence-electron chi connectivity index (χ4n) is 0. The lowest BCUT2D eigenvalue weighted by molar-refractivity contribution is -0.228. The molecule has 0 bridgehead atoms. The number of nitrogens with zero attached hydrogens (tertiary/aromatic N) is 1. The normalized spacial score (nSPS) is 12.0. The summed E-state index contributed by atoms with van der Waals surface area (Å²) in [6.07, 6.45) is 0. The quantitative estimate of drug-likeness (QED) is 0.341. The van der Waals surface area contributed by atoms with Crippen LogP contribution in [0.1, 0.15) is 0 Å². The van der Waals surface area contributed by atoms with Crippen molar-refractivity contribution in [1.29, 1.82) is 0 Å². The number of hydrogen-bond donors (Lipinski definition) is 0. The fraction of sp³-hybridized carbons (Fsp3) is 0. The molecule has 0 fully saturated rings. The van der Waals surface area contributed by atoms with Gasteiger partial charge in [-0.25, -0.2) is 0 Å². The highest BCUT2D eigenvalue weighted by Gasteiger charge is 1.97. The second-order valence-electron chi connectivity index (χ2n) is 0.399. The van der Waals surface area contributed by atoms with Gasteiger partial charge in [-0.15, -0.1) is 0 Å². The molecule has 0 aromatic rings. The summed E-state index contributed by atoms with van der Waals surface area (Å²) in [6, 6.07) is 0. The van der Waals surface area contributed by atoms with E-state index in [1.165, 1.54) is 0 Å². The summed E-state index contributed by atoms with van der Waals surface area (Å²) in [5.41, 5.74) is 0. The van der Waals surface area contributed by atoms with E-state index < -0.39 is 0 Å². The molecule has 5 heavy (non-hydrogen) atoms. The topological polar surface area (TPSA) is 23.1 Å². The van der Waals surface area contributed by atoms with Crippen molar-refractivity contribution < 1.29 is -0.713 Å². The molecule has 0 aromatic heterocycles. The van der Waals surface area contributed by atoms with Crippen LogP contribution in [0.25, 0.3) is 0 Å². The summed E-state index contributed by atoms with van der Waals surface area (Å²) in [5.74, 6) is 0. The summed E-state index contributed by atoms with van der Waals surface area (Å²) in [4.78, 5) is 0. The van der Waals surface area contributed by atoms with Gasteiger partial charge in [0, 0.05) is 0 Å². The smallest absolute Gasteiger partial charge is 0.267 e. The molecule has 32 valence electrons. The molecular formula is I3NO. The third-order valence-corrected chi connectivity index (χ3v) is 0. The van der Waals surface area contributed by atoms with Gasteiger partial charge in [0.25, 0.3) is 68.6 Å². The van der Waals surface area contributed by atoms with Gasteiger partial charge in [-0.05, 0) is 0 Å². The van der Waals surface area contributed by atoms with Crippen molar-refractivity contribution in [3.63, 3.8) is 0 Å². The van der Waals surface area contributed by atoms with E-state index in [0.29, 0.717) is 0 Å². The number of hydrogen-bond acceptors (Lipinski definition) is 1. The first kappa shape index (κ1) is 7.11. The van der Waals surface area contributed by atoms with Crippen LogP contribution in [0.2, 0.25) is 0 Å². The summed E-state index contributed by atoms with van der Waals surface area (Å²) in [7, 11) is 0. The number of halogens is 3. The molecule has 0 saturated carbocycles. The van der Waals surface area contributed by atoms with Crippen molar-refractivity contribution >= 4 is 68.6 Å².